The van der Waals surface area contributed by atoms with E-state index in [-0.39, 0.29) is 24.6 Å². The number of anilines is 1. The molecule has 2 N–H and O–H groups in total. The molecular weight excluding hydrogens is 570 g/mol. The molecule has 3 heterocycles. The number of fused-ring (bicyclic) bond motifs is 1. The second kappa shape index (κ2) is 11.8. The molecule has 0 amide bonds. The summed E-state index contributed by atoms with van der Waals surface area (Å²) in [6.45, 7) is 7.57. The van der Waals surface area contributed by atoms with Gasteiger partial charge < -0.3 is 29.4 Å². The van der Waals surface area contributed by atoms with Crippen LogP contribution in [0.5, 0.6) is 0 Å². The number of carbonyl (C=O) groups is 1. The molecule has 3 aromatic carbocycles. The minimum Gasteiger partial charge on any atom is -0.449 e. The highest BCUT2D eigenvalue weighted by Crippen LogP contribution is 2.54. The zero-order chi connectivity index (χ0) is 31.8. The van der Waals surface area contributed by atoms with Crippen LogP contribution in [0.2, 0.25) is 0 Å². The van der Waals surface area contributed by atoms with E-state index in [1.807, 2.05) is 81.4 Å². The minimum absolute atomic E-state index is 0.0266. The second-order valence-electron chi connectivity index (χ2n) is 11.9. The average molecular weight is 608 g/mol. The number of aromatic nitrogens is 1. The van der Waals surface area contributed by atoms with Crippen LogP contribution in [0.1, 0.15) is 61.7 Å². The molecule has 9 nitrogen and oxygen atoms in total. The lowest BCUT2D eigenvalue weighted by atomic mass is 9.80. The van der Waals surface area contributed by atoms with Crippen molar-refractivity contribution in [3.05, 3.63) is 125 Å². The van der Waals surface area contributed by atoms with Crippen LogP contribution in [0.25, 0.3) is 0 Å². The summed E-state index contributed by atoms with van der Waals surface area (Å²) in [7, 11) is 0. The Hall–Kier alpha value is -4.46. The van der Waals surface area contributed by atoms with Crippen LogP contribution in [0.4, 0.5) is 10.5 Å². The summed E-state index contributed by atoms with van der Waals surface area (Å²) < 4.78 is 33.1. The number of carbonyl (C=O) groups excluding carboxylic acids is 1. The van der Waals surface area contributed by atoms with Gasteiger partial charge in [-0.3, -0.25) is 0 Å². The number of benzene rings is 3. The Bertz CT molecular complexity index is 1600. The highest BCUT2D eigenvalue weighted by Gasteiger charge is 2.64. The van der Waals surface area contributed by atoms with Gasteiger partial charge in [-0.1, -0.05) is 91.0 Å². The molecule has 2 aliphatic rings. The number of nitrogens with zero attached hydrogens (tertiary/aromatic N) is 2. The van der Waals surface area contributed by atoms with Crippen molar-refractivity contribution in [2.24, 2.45) is 0 Å². The Morgan fingerprint density at radius 2 is 1.49 bits per heavy atom. The van der Waals surface area contributed by atoms with Crippen molar-refractivity contribution in [3.8, 4) is 6.07 Å². The molecule has 2 fully saturated rings. The summed E-state index contributed by atoms with van der Waals surface area (Å²) in [5.41, 5.74) is 7.91. The van der Waals surface area contributed by atoms with E-state index < -0.39 is 41.4 Å². The lowest BCUT2D eigenvalue weighted by Gasteiger charge is -2.37. The summed E-state index contributed by atoms with van der Waals surface area (Å²) in [6, 6.07) is 32.3. The summed E-state index contributed by atoms with van der Waals surface area (Å²) in [5, 5.41) is 9.88. The van der Waals surface area contributed by atoms with Gasteiger partial charge in [0.05, 0.1) is 18.9 Å². The monoisotopic (exact) mass is 607 g/mol. The summed E-state index contributed by atoms with van der Waals surface area (Å²) in [5.74, 6) is -0.939. The molecule has 9 heteroatoms. The van der Waals surface area contributed by atoms with Crippen LogP contribution < -0.4 is 5.73 Å². The summed E-state index contributed by atoms with van der Waals surface area (Å²) >= 11 is 0. The number of hydrogen-bond acceptors (Lipinski definition) is 8. The van der Waals surface area contributed by atoms with Crippen molar-refractivity contribution in [2.75, 3.05) is 18.9 Å². The maximum Gasteiger partial charge on any atom is 0.419 e. The molecule has 1 unspecified atom stereocenters. The van der Waals surface area contributed by atoms with Crippen LogP contribution in [-0.4, -0.2) is 47.5 Å². The maximum atomic E-state index is 12.7. The predicted molar refractivity (Wildman–Crippen MR) is 167 cm³/mol. The molecule has 45 heavy (non-hydrogen) atoms. The van der Waals surface area contributed by atoms with Crippen molar-refractivity contribution < 1.29 is 28.5 Å². The molecule has 0 radical (unpaired) electrons. The lowest BCUT2D eigenvalue weighted by molar-refractivity contribution is -0.210. The van der Waals surface area contributed by atoms with Gasteiger partial charge in [-0.25, -0.2) is 9.36 Å². The Kier molecular flexibility index (Phi) is 8.02. The minimum atomic E-state index is -1.02. The Morgan fingerprint density at radius 3 is 1.98 bits per heavy atom. The Labute approximate surface area is 263 Å². The normalized spacial score (nSPS) is 23.8. The predicted octanol–water partition coefficient (Wildman–Crippen LogP) is 6.31. The first-order valence-electron chi connectivity index (χ1n) is 15.1. The van der Waals surface area contributed by atoms with E-state index >= 15 is 0 Å². The number of hydrogen-bond donors (Lipinski definition) is 1. The van der Waals surface area contributed by atoms with Crippen molar-refractivity contribution in [3.63, 3.8) is 0 Å². The van der Waals surface area contributed by atoms with Crippen molar-refractivity contribution in [1.29, 1.82) is 5.26 Å². The first kappa shape index (κ1) is 30.6. The molecule has 0 bridgehead atoms. The molecule has 4 atom stereocenters. The fourth-order valence-electron chi connectivity index (χ4n) is 6.75. The van der Waals surface area contributed by atoms with Crippen LogP contribution in [0, 0.1) is 11.3 Å². The third-order valence-electron chi connectivity index (χ3n) is 8.54. The number of nitriles is 1. The number of nitrogens with two attached hydrogens (primary N) is 1. The van der Waals surface area contributed by atoms with Gasteiger partial charge in [0.2, 0.25) is 0 Å². The van der Waals surface area contributed by atoms with E-state index in [1.54, 1.807) is 6.92 Å². The number of ether oxygens (including phenoxy) is 5. The third kappa shape index (κ3) is 5.20. The van der Waals surface area contributed by atoms with E-state index in [0.29, 0.717) is 5.56 Å². The Balaban J connectivity index is 1.42. The fraction of sp³-hybridized carbons (Fsp3) is 0.333. The zero-order valence-corrected chi connectivity index (χ0v) is 25.8. The van der Waals surface area contributed by atoms with Gasteiger partial charge >= 0.3 is 6.09 Å². The zero-order valence-electron chi connectivity index (χ0n) is 25.8. The van der Waals surface area contributed by atoms with Gasteiger partial charge in [-0.15, -0.1) is 0 Å². The molecule has 2 saturated heterocycles. The lowest BCUT2D eigenvalue weighted by Crippen LogP contribution is -2.42. The SMILES string of the molecule is CCOC(=O)n1cc([C@@H]2OC(COC(c3ccccc3)(c3ccccc3)c3ccccc3)[C@H]3OC(C)(C)O[C@]32C)c(N)c1C#N. The second-order valence-corrected chi connectivity index (χ2v) is 11.9. The summed E-state index contributed by atoms with van der Waals surface area (Å²) in [4.78, 5) is 12.7. The molecule has 1 aromatic heterocycles. The van der Waals surface area contributed by atoms with Gasteiger partial charge in [-0.05, 0) is 44.4 Å². The maximum absolute atomic E-state index is 12.7. The highest BCUT2D eigenvalue weighted by molar-refractivity contribution is 5.77. The fourth-order valence-corrected chi connectivity index (χ4v) is 6.75. The van der Waals surface area contributed by atoms with E-state index in [4.69, 9.17) is 29.4 Å². The number of nitrogen functional groups attached to an aromatic ring is 1. The quantitative estimate of drug-likeness (QED) is 0.232. The van der Waals surface area contributed by atoms with E-state index in [1.165, 1.54) is 6.20 Å². The molecule has 4 aromatic rings. The largest absolute Gasteiger partial charge is 0.449 e. The molecule has 6 rings (SSSR count). The smallest absolute Gasteiger partial charge is 0.419 e. The molecule has 2 aliphatic heterocycles. The van der Waals surface area contributed by atoms with Gasteiger partial charge in [-0.2, -0.15) is 5.26 Å². The molecule has 0 aliphatic carbocycles. The average Bonchev–Trinajstić information content (AvgIpc) is 3.61. The first-order chi connectivity index (χ1) is 21.6. The molecule has 232 valence electrons. The van der Waals surface area contributed by atoms with Crippen LogP contribution in [-0.2, 0) is 29.3 Å². The van der Waals surface area contributed by atoms with Crippen molar-refractivity contribution in [1.82, 2.24) is 4.57 Å². The van der Waals surface area contributed by atoms with Gasteiger partial charge in [0.25, 0.3) is 0 Å². The highest BCUT2D eigenvalue weighted by atomic mass is 16.8. The van der Waals surface area contributed by atoms with E-state index in [9.17, 15) is 10.1 Å². The van der Waals surface area contributed by atoms with Crippen molar-refractivity contribution >= 4 is 11.8 Å². The van der Waals surface area contributed by atoms with Crippen LogP contribution in [0.3, 0.4) is 0 Å². The Morgan fingerprint density at radius 1 is 0.956 bits per heavy atom. The molecule has 0 saturated carbocycles. The summed E-state index contributed by atoms with van der Waals surface area (Å²) in [6.07, 6.45) is -1.14. The topological polar surface area (TPSA) is 118 Å². The van der Waals surface area contributed by atoms with Crippen LogP contribution >= 0.6 is 0 Å². The van der Waals surface area contributed by atoms with Crippen molar-refractivity contribution in [2.45, 2.75) is 63.0 Å². The standard InChI is InChI=1S/C36H37N3O6/c1-5-41-33(40)39-22-27(30(38)28(39)21-37)31-35(4)32(44-34(2,3)45-35)29(43-31)23-42-36(24-15-9-6-10-16-24,25-17-11-7-12-18-25)26-19-13-8-14-20-26/h6-20,22,29,31-32H,5,23,38H2,1-4H3/t29?,31-,32+,35-/m0/s1. The first-order valence-corrected chi connectivity index (χ1v) is 15.1. The molecule has 0 spiro atoms. The van der Waals surface area contributed by atoms with Gasteiger partial charge in [0.15, 0.2) is 11.5 Å². The number of rotatable bonds is 8. The van der Waals surface area contributed by atoms with Gasteiger partial charge in [0.1, 0.15) is 35.6 Å². The van der Waals surface area contributed by atoms with E-state index in [2.05, 4.69) is 36.4 Å². The van der Waals surface area contributed by atoms with Crippen LogP contribution in [0.15, 0.2) is 97.2 Å². The van der Waals surface area contributed by atoms with Gasteiger partial charge in [0, 0.05) is 11.8 Å². The third-order valence-corrected chi connectivity index (χ3v) is 8.54. The molecular formula is C36H37N3O6. The van der Waals surface area contributed by atoms with E-state index in [0.717, 1.165) is 21.3 Å².